The van der Waals surface area contributed by atoms with Gasteiger partial charge in [-0.25, -0.2) is 0 Å². The number of aromatic nitrogens is 2. The Morgan fingerprint density at radius 2 is 2.00 bits per heavy atom. The lowest BCUT2D eigenvalue weighted by molar-refractivity contribution is 0.576. The van der Waals surface area contributed by atoms with Crippen molar-refractivity contribution in [1.29, 1.82) is 0 Å². The maximum absolute atomic E-state index is 4.08. The summed E-state index contributed by atoms with van der Waals surface area (Å²) >= 11 is 0. The van der Waals surface area contributed by atoms with Crippen molar-refractivity contribution in [3.63, 3.8) is 0 Å². The maximum Gasteiger partial charge on any atom is 0.0771 e. The Morgan fingerprint density at radius 3 is 2.57 bits per heavy atom. The molecule has 0 atom stereocenters. The molecule has 0 aliphatic carbocycles. The maximum atomic E-state index is 4.08. The average Bonchev–Trinajstić information content (AvgIpc) is 2.15. The van der Waals surface area contributed by atoms with Crippen LogP contribution in [0.15, 0.2) is 12.3 Å². The molecule has 1 aromatic heterocycles. The highest BCUT2D eigenvalue weighted by molar-refractivity contribution is 5.15. The molecule has 1 rings (SSSR count). The molecular formula is C11H19N3. The van der Waals surface area contributed by atoms with Crippen molar-refractivity contribution >= 4 is 0 Å². The molecule has 3 heteroatoms. The van der Waals surface area contributed by atoms with Crippen molar-refractivity contribution in [2.24, 2.45) is 0 Å². The van der Waals surface area contributed by atoms with Gasteiger partial charge in [0.1, 0.15) is 0 Å². The van der Waals surface area contributed by atoms with Gasteiger partial charge in [0, 0.05) is 12.6 Å². The first-order chi connectivity index (χ1) is 6.59. The Kier molecular flexibility index (Phi) is 4.01. The van der Waals surface area contributed by atoms with Gasteiger partial charge in [-0.15, -0.1) is 0 Å². The fraction of sp³-hybridized carbons (Fsp3) is 0.636. The second-order valence-electron chi connectivity index (χ2n) is 4.17. The molecule has 0 aromatic carbocycles. The second kappa shape index (κ2) is 5.05. The largest absolute Gasteiger partial charge is 0.309 e. The number of nitrogens with zero attached hydrogens (tertiary/aromatic N) is 2. The van der Waals surface area contributed by atoms with Gasteiger partial charge in [0.25, 0.3) is 0 Å². The van der Waals surface area contributed by atoms with E-state index in [2.05, 4.69) is 49.3 Å². The Balaban J connectivity index is 2.64. The van der Waals surface area contributed by atoms with Crippen LogP contribution in [0.25, 0.3) is 0 Å². The molecular weight excluding hydrogens is 174 g/mol. The van der Waals surface area contributed by atoms with E-state index in [0.717, 1.165) is 12.2 Å². The van der Waals surface area contributed by atoms with Crippen molar-refractivity contribution in [2.45, 2.75) is 46.2 Å². The lowest BCUT2D eigenvalue weighted by Gasteiger charge is -2.09. The number of hydrogen-bond donors (Lipinski definition) is 1. The van der Waals surface area contributed by atoms with Crippen LogP contribution >= 0.6 is 0 Å². The Bertz CT molecular complexity index is 282. The Morgan fingerprint density at radius 1 is 1.29 bits per heavy atom. The summed E-state index contributed by atoms with van der Waals surface area (Å²) in [6, 6.07) is 2.60. The van der Waals surface area contributed by atoms with Crippen LogP contribution in [0.1, 0.15) is 44.9 Å². The van der Waals surface area contributed by atoms with Crippen molar-refractivity contribution < 1.29 is 0 Å². The third-order valence-electron chi connectivity index (χ3n) is 2.08. The first-order valence-corrected chi connectivity index (χ1v) is 5.14. The summed E-state index contributed by atoms with van der Waals surface area (Å²) in [6.07, 6.45) is 1.84. The number of hydrogen-bond acceptors (Lipinski definition) is 3. The minimum absolute atomic E-state index is 0.486. The van der Waals surface area contributed by atoms with Crippen LogP contribution < -0.4 is 5.32 Å². The quantitative estimate of drug-likeness (QED) is 0.795. The molecule has 0 unspecified atom stereocenters. The van der Waals surface area contributed by atoms with E-state index in [1.165, 1.54) is 5.56 Å². The molecule has 0 radical (unpaired) electrons. The zero-order valence-electron chi connectivity index (χ0n) is 9.41. The van der Waals surface area contributed by atoms with E-state index < -0.39 is 0 Å². The molecule has 1 N–H and O–H groups in total. The van der Waals surface area contributed by atoms with Gasteiger partial charge < -0.3 is 5.32 Å². The van der Waals surface area contributed by atoms with Crippen LogP contribution in [-0.2, 0) is 6.54 Å². The summed E-state index contributed by atoms with van der Waals surface area (Å²) in [4.78, 5) is 0. The summed E-state index contributed by atoms with van der Waals surface area (Å²) in [5.41, 5.74) is 2.27. The monoisotopic (exact) mass is 193 g/mol. The lowest BCUT2D eigenvalue weighted by Crippen LogP contribution is -2.22. The molecule has 0 spiro atoms. The first-order valence-electron chi connectivity index (χ1n) is 5.14. The molecule has 1 aromatic rings. The van der Waals surface area contributed by atoms with E-state index in [-0.39, 0.29) is 0 Å². The molecule has 0 aliphatic heterocycles. The van der Waals surface area contributed by atoms with Crippen molar-refractivity contribution in [3.05, 3.63) is 23.5 Å². The van der Waals surface area contributed by atoms with Gasteiger partial charge in [0.05, 0.1) is 11.9 Å². The van der Waals surface area contributed by atoms with E-state index in [4.69, 9.17) is 0 Å². The van der Waals surface area contributed by atoms with Crippen molar-refractivity contribution in [1.82, 2.24) is 15.5 Å². The zero-order chi connectivity index (χ0) is 10.6. The minimum atomic E-state index is 0.486. The first kappa shape index (κ1) is 11.1. The topological polar surface area (TPSA) is 37.8 Å². The number of nitrogens with one attached hydrogen (secondary N) is 1. The third-order valence-corrected chi connectivity index (χ3v) is 2.08. The summed E-state index contributed by atoms with van der Waals surface area (Å²) in [6.45, 7) is 9.37. The van der Waals surface area contributed by atoms with E-state index in [1.54, 1.807) is 0 Å². The second-order valence-corrected chi connectivity index (χ2v) is 4.17. The van der Waals surface area contributed by atoms with Crippen LogP contribution in [0.4, 0.5) is 0 Å². The standard InChI is InChI=1S/C11H19N3/c1-8(2)10-5-11(14-13-6-10)7-12-9(3)4/h5-6,8-9,12H,7H2,1-4H3. The highest BCUT2D eigenvalue weighted by atomic mass is 15.1. The van der Waals surface area contributed by atoms with E-state index in [0.29, 0.717) is 12.0 Å². The molecule has 78 valence electrons. The molecule has 0 saturated heterocycles. The SMILES string of the molecule is CC(C)NCc1cc(C(C)C)cnn1. The predicted octanol–water partition coefficient (Wildman–Crippen LogP) is 2.10. The van der Waals surface area contributed by atoms with E-state index in [1.807, 2.05) is 6.20 Å². The normalized spacial score (nSPS) is 11.3. The van der Waals surface area contributed by atoms with Gasteiger partial charge >= 0.3 is 0 Å². The smallest absolute Gasteiger partial charge is 0.0771 e. The van der Waals surface area contributed by atoms with Crippen LogP contribution in [-0.4, -0.2) is 16.2 Å². The molecule has 0 aliphatic rings. The lowest BCUT2D eigenvalue weighted by atomic mass is 10.1. The van der Waals surface area contributed by atoms with Crippen molar-refractivity contribution in [2.75, 3.05) is 0 Å². The molecule has 3 nitrogen and oxygen atoms in total. The molecule has 0 bridgehead atoms. The van der Waals surface area contributed by atoms with Crippen LogP contribution in [0.5, 0.6) is 0 Å². The molecule has 1 heterocycles. The summed E-state index contributed by atoms with van der Waals surface area (Å²) < 4.78 is 0. The van der Waals surface area contributed by atoms with Gasteiger partial charge in [-0.1, -0.05) is 27.7 Å². The fourth-order valence-electron chi connectivity index (χ4n) is 1.14. The van der Waals surface area contributed by atoms with Crippen molar-refractivity contribution in [3.8, 4) is 0 Å². The zero-order valence-corrected chi connectivity index (χ0v) is 9.41. The van der Waals surface area contributed by atoms with Crippen LogP contribution in [0.2, 0.25) is 0 Å². The Labute approximate surface area is 85.9 Å². The molecule has 14 heavy (non-hydrogen) atoms. The van der Waals surface area contributed by atoms with Gasteiger partial charge in [0.15, 0.2) is 0 Å². The van der Waals surface area contributed by atoms with Crippen LogP contribution in [0.3, 0.4) is 0 Å². The van der Waals surface area contributed by atoms with Gasteiger partial charge in [-0.3, -0.25) is 0 Å². The number of rotatable bonds is 4. The van der Waals surface area contributed by atoms with Gasteiger partial charge in [-0.2, -0.15) is 10.2 Å². The highest BCUT2D eigenvalue weighted by Gasteiger charge is 2.02. The summed E-state index contributed by atoms with van der Waals surface area (Å²) in [5, 5.41) is 11.4. The van der Waals surface area contributed by atoms with Gasteiger partial charge in [-0.05, 0) is 17.5 Å². The third kappa shape index (κ3) is 3.42. The van der Waals surface area contributed by atoms with Gasteiger partial charge in [0.2, 0.25) is 0 Å². The van der Waals surface area contributed by atoms with E-state index in [9.17, 15) is 0 Å². The predicted molar refractivity (Wildman–Crippen MR) is 58.1 cm³/mol. The molecule has 0 fully saturated rings. The summed E-state index contributed by atoms with van der Waals surface area (Å²) in [7, 11) is 0. The van der Waals surface area contributed by atoms with Crippen LogP contribution in [0, 0.1) is 0 Å². The summed E-state index contributed by atoms with van der Waals surface area (Å²) in [5.74, 6) is 0.517. The molecule has 0 saturated carbocycles. The average molecular weight is 193 g/mol. The minimum Gasteiger partial charge on any atom is -0.309 e. The Hall–Kier alpha value is -0.960. The van der Waals surface area contributed by atoms with E-state index >= 15 is 0 Å². The molecule has 0 amide bonds. The highest BCUT2D eigenvalue weighted by Crippen LogP contribution is 2.12. The fourth-order valence-corrected chi connectivity index (χ4v) is 1.14.